The number of aryl methyl sites for hydroxylation is 1. The molecule has 0 saturated carbocycles. The van der Waals surface area contributed by atoms with E-state index in [2.05, 4.69) is 31.1 Å². The molecule has 5 rings (SSSR count). The molecule has 180 valence electrons. The highest BCUT2D eigenvalue weighted by Crippen LogP contribution is 2.33. The van der Waals surface area contributed by atoms with Crippen molar-refractivity contribution in [3.05, 3.63) is 83.6 Å². The first-order chi connectivity index (χ1) is 17.5. The average Bonchev–Trinajstić information content (AvgIpc) is 3.16. The van der Waals surface area contributed by atoms with Crippen molar-refractivity contribution in [3.63, 3.8) is 0 Å². The summed E-state index contributed by atoms with van der Waals surface area (Å²) in [5.74, 6) is -0.955. The molecule has 0 saturated heterocycles. The van der Waals surface area contributed by atoms with Crippen LogP contribution in [0.3, 0.4) is 0 Å². The predicted octanol–water partition coefficient (Wildman–Crippen LogP) is 3.51. The van der Waals surface area contributed by atoms with Crippen molar-refractivity contribution >= 4 is 40.7 Å². The Balaban J connectivity index is 1.47. The molecular weight excluding hydrogens is 460 g/mol. The third-order valence-corrected chi connectivity index (χ3v) is 5.91. The number of amides is 3. The van der Waals surface area contributed by atoms with Gasteiger partial charge in [0.05, 0.1) is 23.2 Å². The van der Waals surface area contributed by atoms with Crippen molar-refractivity contribution < 1.29 is 19.5 Å². The minimum absolute atomic E-state index is 0.266. The summed E-state index contributed by atoms with van der Waals surface area (Å²) in [6.45, 7) is 0. The first-order valence-corrected chi connectivity index (χ1v) is 11.3. The van der Waals surface area contributed by atoms with Crippen LogP contribution in [0.1, 0.15) is 27.9 Å². The Kier molecular flexibility index (Phi) is 6.14. The molecule has 2 aromatic carbocycles. The number of anilines is 1. The molecule has 36 heavy (non-hydrogen) atoms. The molecule has 0 fully saturated rings. The first-order valence-electron chi connectivity index (χ1n) is 11.3. The van der Waals surface area contributed by atoms with Crippen LogP contribution in [0.25, 0.3) is 22.3 Å². The molecule has 3 heterocycles. The number of carbonyl (C=O) groups is 3. The third kappa shape index (κ3) is 4.64. The molecular formula is C26H22N6O4. The van der Waals surface area contributed by atoms with Crippen LogP contribution in [0.4, 0.5) is 10.5 Å². The fraction of sp³-hybridized carbons (Fsp3) is 0.115. The molecule has 0 radical (unpaired) electrons. The van der Waals surface area contributed by atoms with Crippen LogP contribution in [0.15, 0.2) is 72.0 Å². The smallest absolute Gasteiger partial charge is 0.405 e. The molecule has 3 amide bonds. The summed E-state index contributed by atoms with van der Waals surface area (Å²) >= 11 is 0. The van der Waals surface area contributed by atoms with Gasteiger partial charge in [-0.15, -0.1) is 0 Å². The molecule has 0 unspecified atom stereocenters. The lowest BCUT2D eigenvalue weighted by Gasteiger charge is -2.17. The van der Waals surface area contributed by atoms with E-state index in [0.717, 1.165) is 5.56 Å². The summed E-state index contributed by atoms with van der Waals surface area (Å²) in [4.78, 5) is 44.9. The number of hydrogen-bond acceptors (Lipinski definition) is 5. The van der Waals surface area contributed by atoms with Crippen LogP contribution >= 0.6 is 0 Å². The second-order valence-corrected chi connectivity index (χ2v) is 8.29. The second-order valence-electron chi connectivity index (χ2n) is 8.29. The van der Waals surface area contributed by atoms with E-state index in [4.69, 9.17) is 0 Å². The van der Waals surface area contributed by atoms with Gasteiger partial charge < -0.3 is 20.7 Å². The second kappa shape index (κ2) is 9.71. The summed E-state index contributed by atoms with van der Waals surface area (Å²) in [5.41, 5.74) is 6.79. The number of H-pyrrole nitrogens is 1. The van der Waals surface area contributed by atoms with Crippen molar-refractivity contribution in [2.75, 3.05) is 5.32 Å². The molecule has 1 atom stereocenters. The normalized spacial score (nSPS) is 13.1. The maximum absolute atomic E-state index is 13.1. The van der Waals surface area contributed by atoms with Gasteiger partial charge in [-0.25, -0.2) is 10.2 Å². The number of pyridine rings is 1. The van der Waals surface area contributed by atoms with Gasteiger partial charge in [-0.1, -0.05) is 36.4 Å². The third-order valence-electron chi connectivity index (χ3n) is 5.91. The lowest BCUT2D eigenvalue weighted by molar-refractivity contribution is -0.118. The Hall–Kier alpha value is -4.99. The number of carboxylic acid groups (broad SMARTS) is 1. The summed E-state index contributed by atoms with van der Waals surface area (Å²) in [6, 6.07) is 17.3. The van der Waals surface area contributed by atoms with Gasteiger partial charge in [-0.2, -0.15) is 5.10 Å². The number of hydrazone groups is 1. The number of carbonyl (C=O) groups excluding carboxylic acids is 2. The average molecular weight is 483 g/mol. The maximum atomic E-state index is 13.1. The number of aromatic amines is 1. The van der Waals surface area contributed by atoms with Crippen molar-refractivity contribution in [1.82, 2.24) is 20.7 Å². The monoisotopic (exact) mass is 482 g/mol. The topological polar surface area (TPSA) is 149 Å². The van der Waals surface area contributed by atoms with E-state index >= 15 is 0 Å². The Morgan fingerprint density at radius 1 is 1.06 bits per heavy atom. The highest BCUT2D eigenvalue weighted by Gasteiger charge is 2.25. The molecule has 1 aliphatic heterocycles. The quantitative estimate of drug-likeness (QED) is 0.273. The highest BCUT2D eigenvalue weighted by atomic mass is 16.4. The van der Waals surface area contributed by atoms with Gasteiger partial charge in [0, 0.05) is 28.4 Å². The lowest BCUT2D eigenvalue weighted by atomic mass is 10.0. The van der Waals surface area contributed by atoms with Gasteiger partial charge in [0.25, 0.3) is 5.91 Å². The highest BCUT2D eigenvalue weighted by molar-refractivity contribution is 6.18. The zero-order valence-electron chi connectivity index (χ0n) is 19.0. The molecule has 0 spiro atoms. The van der Waals surface area contributed by atoms with E-state index in [0.29, 0.717) is 45.5 Å². The van der Waals surface area contributed by atoms with Crippen LogP contribution < -0.4 is 16.1 Å². The predicted molar refractivity (Wildman–Crippen MR) is 135 cm³/mol. The number of nitrogens with one attached hydrogen (secondary N) is 4. The minimum Gasteiger partial charge on any atom is -0.465 e. The van der Waals surface area contributed by atoms with E-state index in [1.807, 2.05) is 48.5 Å². The van der Waals surface area contributed by atoms with Crippen LogP contribution in [0, 0.1) is 0 Å². The van der Waals surface area contributed by atoms with Crippen LogP contribution in [0.2, 0.25) is 0 Å². The van der Waals surface area contributed by atoms with Crippen LogP contribution in [-0.2, 0) is 11.2 Å². The minimum atomic E-state index is -1.30. The van der Waals surface area contributed by atoms with Gasteiger partial charge in [-0.05, 0) is 42.7 Å². The zero-order chi connectivity index (χ0) is 25.1. The number of aromatic nitrogens is 2. The van der Waals surface area contributed by atoms with Crippen molar-refractivity contribution in [2.45, 2.75) is 18.9 Å². The molecule has 10 nitrogen and oxygen atoms in total. The van der Waals surface area contributed by atoms with Gasteiger partial charge in [0.2, 0.25) is 5.91 Å². The first kappa shape index (κ1) is 22.8. The van der Waals surface area contributed by atoms with Crippen molar-refractivity contribution in [1.29, 1.82) is 0 Å². The standard InChI is InChI=1S/C26H22N6O4/c33-24-17-12-16(29-25(34)20(31-26(35)36)10-9-15-6-2-1-3-7-15)13-21-22(17)18(14-28-32-24)23(30-21)19-8-4-5-11-27-19/h1-8,11-14,20,30-31H,9-10H2,(H,29,34)(H,32,33)(H,35,36)/t20-/m1/s1. The molecule has 10 heteroatoms. The number of rotatable bonds is 7. The zero-order valence-corrected chi connectivity index (χ0v) is 19.0. The Labute approximate surface area is 205 Å². The van der Waals surface area contributed by atoms with Crippen molar-refractivity contribution in [2.24, 2.45) is 5.10 Å². The molecule has 1 aliphatic rings. The fourth-order valence-corrected chi connectivity index (χ4v) is 4.27. The summed E-state index contributed by atoms with van der Waals surface area (Å²) in [6.07, 6.45) is 2.71. The van der Waals surface area contributed by atoms with Gasteiger partial charge in [0.1, 0.15) is 6.04 Å². The van der Waals surface area contributed by atoms with Crippen LogP contribution in [-0.4, -0.2) is 45.2 Å². The lowest BCUT2D eigenvalue weighted by Crippen LogP contribution is -2.43. The van der Waals surface area contributed by atoms with E-state index in [1.54, 1.807) is 24.5 Å². The summed E-state index contributed by atoms with van der Waals surface area (Å²) < 4.78 is 0. The van der Waals surface area contributed by atoms with E-state index in [9.17, 15) is 19.5 Å². The van der Waals surface area contributed by atoms with E-state index in [-0.39, 0.29) is 6.42 Å². The summed E-state index contributed by atoms with van der Waals surface area (Å²) in [5, 5.41) is 19.0. The maximum Gasteiger partial charge on any atom is 0.405 e. The largest absolute Gasteiger partial charge is 0.465 e. The number of benzene rings is 2. The van der Waals surface area contributed by atoms with E-state index < -0.39 is 23.9 Å². The Morgan fingerprint density at radius 2 is 1.86 bits per heavy atom. The molecule has 5 N–H and O–H groups in total. The fourth-order valence-electron chi connectivity index (χ4n) is 4.27. The van der Waals surface area contributed by atoms with Crippen molar-refractivity contribution in [3.8, 4) is 11.4 Å². The number of hydrogen-bond donors (Lipinski definition) is 5. The van der Waals surface area contributed by atoms with Gasteiger partial charge in [-0.3, -0.25) is 14.6 Å². The summed E-state index contributed by atoms with van der Waals surface area (Å²) in [7, 11) is 0. The van der Waals surface area contributed by atoms with Gasteiger partial charge >= 0.3 is 6.09 Å². The molecule has 0 aliphatic carbocycles. The van der Waals surface area contributed by atoms with Crippen LogP contribution in [0.5, 0.6) is 0 Å². The number of nitrogens with zero attached hydrogens (tertiary/aromatic N) is 2. The molecule has 2 aromatic heterocycles. The molecule has 4 aromatic rings. The Bertz CT molecular complexity index is 1480. The molecule has 0 bridgehead atoms. The SMILES string of the molecule is O=C(O)N[C@H](CCc1ccccc1)C(=O)Nc1cc2c3c(c(-c4ccccn4)[nH]c3c1)C=NNC2=O. The van der Waals surface area contributed by atoms with E-state index in [1.165, 1.54) is 0 Å². The Morgan fingerprint density at radius 3 is 2.61 bits per heavy atom. The van der Waals surface area contributed by atoms with Gasteiger partial charge in [0.15, 0.2) is 0 Å².